The van der Waals surface area contributed by atoms with Crippen LogP contribution in [0.2, 0.25) is 0 Å². The van der Waals surface area contributed by atoms with E-state index in [9.17, 15) is 11.0 Å². The van der Waals surface area contributed by atoms with Crippen LogP contribution >= 0.6 is 0 Å². The van der Waals surface area contributed by atoms with Crippen LogP contribution < -0.4 is 26.2 Å². The second kappa shape index (κ2) is 20.2. The van der Waals surface area contributed by atoms with Crippen molar-refractivity contribution in [1.29, 1.82) is 0 Å². The Bertz CT molecular complexity index is 5960. The quantitative estimate of drug-likeness (QED) is 0.148. The minimum absolute atomic E-state index is 0.0348. The fourth-order valence-electron chi connectivity index (χ4n) is 13.5. The lowest BCUT2D eigenvalue weighted by Gasteiger charge is -2.45. The van der Waals surface area contributed by atoms with Gasteiger partial charge in [0.25, 0.3) is 6.71 Å². The van der Waals surface area contributed by atoms with Crippen LogP contribution in [-0.2, 0) is 16.2 Å². The fourth-order valence-corrected chi connectivity index (χ4v) is 13.5. The molecule has 0 amide bonds. The first-order valence-electron chi connectivity index (χ1n) is 38.3. The molecule has 5 heteroatoms. The van der Waals surface area contributed by atoms with Crippen molar-refractivity contribution in [1.82, 2.24) is 9.13 Å². The van der Waals surface area contributed by atoms with Crippen LogP contribution in [0.4, 0.5) is 34.1 Å². The van der Waals surface area contributed by atoms with Gasteiger partial charge in [0, 0.05) is 66.9 Å². The van der Waals surface area contributed by atoms with Crippen LogP contribution in [-0.4, -0.2) is 15.8 Å². The second-order valence-electron chi connectivity index (χ2n) is 26.6. The van der Waals surface area contributed by atoms with Crippen molar-refractivity contribution in [2.24, 2.45) is 0 Å². The van der Waals surface area contributed by atoms with E-state index in [-0.39, 0.29) is 59.9 Å². The van der Waals surface area contributed by atoms with Crippen molar-refractivity contribution in [3.05, 3.63) is 283 Å². The molecule has 0 aliphatic carbocycles. The van der Waals surface area contributed by atoms with Crippen LogP contribution in [0.3, 0.4) is 0 Å². The van der Waals surface area contributed by atoms with E-state index in [2.05, 4.69) is 175 Å². The molecule has 430 valence electrons. The number of fused-ring (bicyclic) bond motifs is 10. The Morgan fingerprint density at radius 2 is 0.753 bits per heavy atom. The van der Waals surface area contributed by atoms with E-state index >= 15 is 0 Å². The van der Waals surface area contributed by atoms with Gasteiger partial charge in [-0.15, -0.1) is 0 Å². The molecule has 89 heavy (non-hydrogen) atoms. The molecule has 0 atom stereocenters. The summed E-state index contributed by atoms with van der Waals surface area (Å²) in [6.07, 6.45) is 0. The average molecular weight is 1160 g/mol. The molecule has 0 N–H and O–H groups in total. The molecule has 0 fully saturated rings. The zero-order valence-electron chi connectivity index (χ0n) is 67.0. The molecule has 0 unspecified atom stereocenters. The minimum Gasteiger partial charge on any atom is -0.311 e. The van der Waals surface area contributed by atoms with Gasteiger partial charge in [0.05, 0.1) is 49.7 Å². The average Bonchev–Trinajstić information content (AvgIpc) is 1.70. The van der Waals surface area contributed by atoms with Gasteiger partial charge in [0.15, 0.2) is 0 Å². The third kappa shape index (κ3) is 8.87. The van der Waals surface area contributed by atoms with Gasteiger partial charge in [-0.2, -0.15) is 0 Å². The summed E-state index contributed by atoms with van der Waals surface area (Å²) in [7, 11) is 0. The topological polar surface area (TPSA) is 16.3 Å². The molecule has 0 radical (unpaired) electrons. The molecule has 4 heterocycles. The normalized spacial score (nSPS) is 15.7. The molecule has 2 aliphatic rings. The first-order valence-corrected chi connectivity index (χ1v) is 30.3. The zero-order chi connectivity index (χ0) is 74.6. The Morgan fingerprint density at radius 1 is 0.303 bits per heavy atom. The summed E-state index contributed by atoms with van der Waals surface area (Å²) in [6, 6.07) is 50.0. The van der Waals surface area contributed by atoms with Gasteiger partial charge < -0.3 is 18.9 Å². The Morgan fingerprint density at radius 3 is 1.27 bits per heavy atom. The molecule has 16 rings (SSSR count). The van der Waals surface area contributed by atoms with E-state index in [1.807, 2.05) is 66.7 Å². The number of anilines is 6. The number of hydrogen-bond donors (Lipinski definition) is 0. The van der Waals surface area contributed by atoms with Crippen LogP contribution in [0.25, 0.3) is 88.4 Å². The second-order valence-corrected chi connectivity index (χ2v) is 26.6. The molecule has 2 aromatic heterocycles. The molecule has 0 spiro atoms. The molecule has 0 bridgehead atoms. The van der Waals surface area contributed by atoms with Crippen molar-refractivity contribution >= 4 is 101 Å². The summed E-state index contributed by atoms with van der Waals surface area (Å²) in [5, 5.41) is -0.235. The largest absolute Gasteiger partial charge is 0.311 e. The van der Waals surface area contributed by atoms with Gasteiger partial charge in [-0.05, 0) is 156 Å². The number of para-hydroxylation sites is 5. The highest BCUT2D eigenvalue weighted by Crippen LogP contribution is 2.50. The first-order chi connectivity index (χ1) is 49.7. The summed E-state index contributed by atoms with van der Waals surface area (Å²) < 4.78 is 152. The summed E-state index contributed by atoms with van der Waals surface area (Å²) in [6.45, 7) is 19.1. The third-order valence-electron chi connectivity index (χ3n) is 18.0. The van der Waals surface area contributed by atoms with E-state index in [0.29, 0.717) is 22.7 Å². The number of aromatic nitrogens is 2. The molecule has 2 aliphatic heterocycles. The number of rotatable bonds is 7. The molecule has 0 saturated heterocycles. The van der Waals surface area contributed by atoms with E-state index in [4.69, 9.17) is 11.0 Å². The highest BCUT2D eigenvalue weighted by Gasteiger charge is 2.45. The van der Waals surface area contributed by atoms with Crippen molar-refractivity contribution in [3.63, 3.8) is 0 Å². The molecule has 12 aromatic carbocycles. The minimum atomic E-state index is -0.682. The molecule has 14 aromatic rings. The molecular weight excluding hydrogens is 1080 g/mol. The molecular formula is C84H71BN4. The molecule has 0 saturated carbocycles. The predicted octanol–water partition coefficient (Wildman–Crippen LogP) is 20.9. The van der Waals surface area contributed by atoms with E-state index in [1.54, 1.807) is 9.13 Å². The highest BCUT2D eigenvalue weighted by atomic mass is 15.2. The fraction of sp³-hybridized carbons (Fsp3) is 0.143. The molecule has 4 nitrogen and oxygen atoms in total. The predicted molar refractivity (Wildman–Crippen MR) is 382 cm³/mol. The van der Waals surface area contributed by atoms with E-state index in [0.717, 1.165) is 89.2 Å². The van der Waals surface area contributed by atoms with Crippen LogP contribution in [0.1, 0.15) is 101 Å². The van der Waals surface area contributed by atoms with E-state index in [1.165, 1.54) is 0 Å². The summed E-state index contributed by atoms with van der Waals surface area (Å²) in [5.74, 6) is 0. The maximum absolute atomic E-state index is 9.68. The van der Waals surface area contributed by atoms with Crippen molar-refractivity contribution < 1.29 is 21.9 Å². The lowest BCUT2D eigenvalue weighted by atomic mass is 9.33. The smallest absolute Gasteiger partial charge is 0.252 e. The number of nitrogens with zero attached hydrogens (tertiary/aromatic N) is 4. The third-order valence-corrected chi connectivity index (χ3v) is 18.0. The van der Waals surface area contributed by atoms with Crippen molar-refractivity contribution in [2.75, 3.05) is 9.80 Å². The lowest BCUT2D eigenvalue weighted by Crippen LogP contribution is -2.61. The standard InChI is InChI=1S/C84H71BN4/c1-82(2,3)59-40-38-54(39-41-59)58-49-79-81-80(50-58)89(72-33-18-13-28-65(72)55-24-11-10-12-25-55)78-53-64(87-75-36-21-16-31-68(75)69-32-17-22-37-76(69)87)43-45-71(78)85(81)70-44-42-63(86-73-34-19-14-29-66(73)67-30-15-20-35-74(67)86)52-77(70)88(79)62-27-23-26-56(48-62)57-46-60(83(4,5)6)51-61(47-57)84(7,8)9/h10-53H,1-9H3/i14D,15D,16D,17D,19D,20D,21D,22D,29D,30D,31D,32D,34D,35D,36D,37D. The highest BCUT2D eigenvalue weighted by molar-refractivity contribution is 7.00. The van der Waals surface area contributed by atoms with Gasteiger partial charge in [0.2, 0.25) is 0 Å². The Balaban J connectivity index is 1.08. The summed E-state index contributed by atoms with van der Waals surface area (Å²) in [4.78, 5) is 4.47. The Labute approximate surface area is 546 Å². The first kappa shape index (κ1) is 39.6. The van der Waals surface area contributed by atoms with E-state index < -0.39 is 103 Å². The lowest BCUT2D eigenvalue weighted by molar-refractivity contribution is 0.569. The van der Waals surface area contributed by atoms with Gasteiger partial charge in [-0.25, -0.2) is 0 Å². The van der Waals surface area contributed by atoms with Crippen molar-refractivity contribution in [2.45, 2.75) is 78.6 Å². The number of hydrogen-bond acceptors (Lipinski definition) is 2. The Hall–Kier alpha value is -10.1. The number of benzene rings is 12. The Kier molecular flexibility index (Phi) is 9.01. The maximum atomic E-state index is 9.68. The van der Waals surface area contributed by atoms with Crippen LogP contribution in [0.15, 0.2) is 267 Å². The van der Waals surface area contributed by atoms with Gasteiger partial charge in [0.1, 0.15) is 0 Å². The van der Waals surface area contributed by atoms with Crippen LogP contribution in [0.5, 0.6) is 0 Å². The zero-order valence-corrected chi connectivity index (χ0v) is 51.0. The summed E-state index contributed by atoms with van der Waals surface area (Å²) in [5.41, 5.74) is 15.4. The monoisotopic (exact) mass is 1160 g/mol. The van der Waals surface area contributed by atoms with Gasteiger partial charge in [-0.3, -0.25) is 0 Å². The summed E-state index contributed by atoms with van der Waals surface area (Å²) >= 11 is 0. The van der Waals surface area contributed by atoms with Gasteiger partial charge in [-0.1, -0.05) is 250 Å². The maximum Gasteiger partial charge on any atom is 0.252 e. The van der Waals surface area contributed by atoms with Crippen molar-refractivity contribution in [3.8, 4) is 44.8 Å². The van der Waals surface area contributed by atoms with Gasteiger partial charge >= 0.3 is 0 Å². The SMILES string of the molecule is [2H]c1c([2H])c([2H])c2c(c1[2H])c1c([2H])c([2H])c([2H])c([2H])c1n2-c1ccc2c(c1)N(c1cccc(-c3cc(C(C)(C)C)cc(C(C)(C)C)c3)c1)c1cc(-c3ccc(C(C)(C)C)cc3)cc3c1B2c1ccc(-n2c4c([2H])c([2H])c([2H])c([2H])c4c4c([2H])c([2H])c([2H])c([2H])c42)cc1N3c1ccccc1-c1ccccc1. The van der Waals surface area contributed by atoms with Crippen LogP contribution in [0, 0.1) is 0 Å².